The van der Waals surface area contributed by atoms with E-state index in [9.17, 15) is 17.6 Å². The van der Waals surface area contributed by atoms with Crippen molar-refractivity contribution in [3.8, 4) is 5.75 Å². The van der Waals surface area contributed by atoms with Gasteiger partial charge in [-0.1, -0.05) is 28.1 Å². The third kappa shape index (κ3) is 4.87. The zero-order chi connectivity index (χ0) is 17.0. The van der Waals surface area contributed by atoms with Crippen LogP contribution in [0.5, 0.6) is 5.75 Å². The Labute approximate surface area is 142 Å². The van der Waals surface area contributed by atoms with Crippen molar-refractivity contribution in [2.45, 2.75) is 24.7 Å². The van der Waals surface area contributed by atoms with Crippen LogP contribution in [0.1, 0.15) is 18.9 Å². The molecule has 0 fully saturated rings. The largest absolute Gasteiger partial charge is 0.379 e. The number of benzene rings is 2. The second-order valence-electron chi connectivity index (χ2n) is 4.96. The van der Waals surface area contributed by atoms with Crippen LogP contribution in [0.15, 0.2) is 51.8 Å². The molecule has 2 aromatic rings. The Kier molecular flexibility index (Phi) is 5.54. The molecule has 0 aliphatic carbocycles. The molecule has 122 valence electrons. The van der Waals surface area contributed by atoms with Gasteiger partial charge < -0.3 is 8.98 Å². The van der Waals surface area contributed by atoms with Gasteiger partial charge in [0.25, 0.3) is 0 Å². The molecule has 0 aliphatic rings. The highest BCUT2D eigenvalue weighted by atomic mass is 79.9. The molecule has 0 radical (unpaired) electrons. The number of rotatable bonds is 6. The van der Waals surface area contributed by atoms with Crippen molar-refractivity contribution in [1.29, 1.82) is 0 Å². The van der Waals surface area contributed by atoms with E-state index in [4.69, 9.17) is 4.18 Å². The third-order valence-corrected chi connectivity index (χ3v) is 4.81. The van der Waals surface area contributed by atoms with Gasteiger partial charge in [-0.2, -0.15) is 8.42 Å². The van der Waals surface area contributed by atoms with Crippen molar-refractivity contribution in [3.05, 3.63) is 58.3 Å². The molecule has 0 atom stereocenters. The minimum atomic E-state index is -4.26. The Morgan fingerprint density at radius 2 is 1.83 bits per heavy atom. The number of halogens is 2. The molecular weight excluding hydrogens is 387 g/mol. The standard InChI is InChI=1S/C16H14BrFO4S/c1-11(19)2-3-12-4-7-14(8-5-12)22-23(20,21)16-10-13(17)6-9-15(16)18/h4-10H,2-3H2,1H3. The van der Waals surface area contributed by atoms with Gasteiger partial charge in [-0.05, 0) is 49.2 Å². The van der Waals surface area contributed by atoms with E-state index >= 15 is 0 Å². The van der Waals surface area contributed by atoms with Gasteiger partial charge in [0.15, 0.2) is 0 Å². The summed E-state index contributed by atoms with van der Waals surface area (Å²) in [7, 11) is -4.26. The van der Waals surface area contributed by atoms with E-state index in [0.717, 1.165) is 17.7 Å². The molecule has 2 rings (SSSR count). The summed E-state index contributed by atoms with van der Waals surface area (Å²) in [6.45, 7) is 1.51. The quantitative estimate of drug-likeness (QED) is 0.690. The van der Waals surface area contributed by atoms with Crippen LogP contribution in [0, 0.1) is 5.82 Å². The molecule has 0 spiro atoms. The molecule has 7 heteroatoms. The predicted octanol–water partition coefficient (Wildman–Crippen LogP) is 3.88. The topological polar surface area (TPSA) is 60.4 Å². The second kappa shape index (κ2) is 7.23. The molecule has 0 saturated heterocycles. The zero-order valence-corrected chi connectivity index (χ0v) is 14.7. The van der Waals surface area contributed by atoms with Gasteiger partial charge in [-0.3, -0.25) is 0 Å². The minimum absolute atomic E-state index is 0.0796. The first-order chi connectivity index (χ1) is 10.8. The number of hydrogen-bond donors (Lipinski definition) is 0. The molecule has 0 aromatic heterocycles. The van der Waals surface area contributed by atoms with Gasteiger partial charge in [-0.15, -0.1) is 0 Å². The van der Waals surface area contributed by atoms with Gasteiger partial charge in [0.1, 0.15) is 22.2 Å². The summed E-state index contributed by atoms with van der Waals surface area (Å²) in [4.78, 5) is 10.4. The van der Waals surface area contributed by atoms with E-state index < -0.39 is 20.8 Å². The van der Waals surface area contributed by atoms with Crippen molar-refractivity contribution < 1.29 is 21.8 Å². The summed E-state index contributed by atoms with van der Waals surface area (Å²) < 4.78 is 43.4. The monoisotopic (exact) mass is 400 g/mol. The van der Waals surface area contributed by atoms with Crippen molar-refractivity contribution in [1.82, 2.24) is 0 Å². The number of Topliss-reactive ketones (excluding diaryl/α,β-unsaturated/α-hetero) is 1. The summed E-state index contributed by atoms with van der Waals surface area (Å²) >= 11 is 3.10. The lowest BCUT2D eigenvalue weighted by Crippen LogP contribution is -2.11. The minimum Gasteiger partial charge on any atom is -0.379 e. The summed E-state index contributed by atoms with van der Waals surface area (Å²) in [6.07, 6.45) is 0.990. The summed E-state index contributed by atoms with van der Waals surface area (Å²) in [6, 6.07) is 9.89. The predicted molar refractivity (Wildman–Crippen MR) is 87.4 cm³/mol. The second-order valence-corrected chi connectivity index (χ2v) is 7.39. The van der Waals surface area contributed by atoms with E-state index in [0.29, 0.717) is 17.3 Å². The highest BCUT2D eigenvalue weighted by Gasteiger charge is 2.21. The average molecular weight is 401 g/mol. The Hall–Kier alpha value is -1.73. The van der Waals surface area contributed by atoms with E-state index in [1.807, 2.05) is 0 Å². The SMILES string of the molecule is CC(=O)CCc1ccc(OS(=O)(=O)c2cc(Br)ccc2F)cc1. The third-order valence-electron chi connectivity index (χ3n) is 3.06. The zero-order valence-electron chi connectivity index (χ0n) is 12.3. The van der Waals surface area contributed by atoms with E-state index in [1.54, 1.807) is 12.1 Å². The number of hydrogen-bond acceptors (Lipinski definition) is 4. The Morgan fingerprint density at radius 1 is 1.17 bits per heavy atom. The first-order valence-electron chi connectivity index (χ1n) is 6.76. The Balaban J connectivity index is 2.17. The average Bonchev–Trinajstić information content (AvgIpc) is 2.48. The summed E-state index contributed by atoms with van der Waals surface area (Å²) in [5, 5.41) is 0. The first kappa shape index (κ1) is 17.6. The van der Waals surface area contributed by atoms with Crippen LogP contribution in [0.25, 0.3) is 0 Å². The number of aryl methyl sites for hydroxylation is 1. The lowest BCUT2D eigenvalue weighted by atomic mass is 10.1. The number of carbonyl (C=O) groups is 1. The Morgan fingerprint density at radius 3 is 2.43 bits per heavy atom. The maximum Gasteiger partial charge on any atom is 0.342 e. The molecule has 0 saturated carbocycles. The van der Waals surface area contributed by atoms with E-state index in [2.05, 4.69) is 15.9 Å². The van der Waals surface area contributed by atoms with Crippen LogP contribution in [-0.2, 0) is 21.3 Å². The molecule has 2 aromatic carbocycles. The van der Waals surface area contributed by atoms with Crippen molar-refractivity contribution >= 4 is 31.8 Å². The molecule has 0 unspecified atom stereocenters. The Bertz CT molecular complexity index is 816. The van der Waals surface area contributed by atoms with Gasteiger partial charge in [0.2, 0.25) is 0 Å². The molecule has 4 nitrogen and oxygen atoms in total. The molecule has 0 heterocycles. The van der Waals surface area contributed by atoms with Gasteiger partial charge in [0, 0.05) is 10.9 Å². The highest BCUT2D eigenvalue weighted by Crippen LogP contribution is 2.24. The van der Waals surface area contributed by atoms with Gasteiger partial charge in [-0.25, -0.2) is 4.39 Å². The fourth-order valence-electron chi connectivity index (χ4n) is 1.87. The molecule has 0 bridgehead atoms. The van der Waals surface area contributed by atoms with Crippen molar-refractivity contribution in [3.63, 3.8) is 0 Å². The van der Waals surface area contributed by atoms with Crippen LogP contribution in [-0.4, -0.2) is 14.2 Å². The lowest BCUT2D eigenvalue weighted by Gasteiger charge is -2.09. The van der Waals surface area contributed by atoms with E-state index in [1.165, 1.54) is 25.1 Å². The van der Waals surface area contributed by atoms with Crippen LogP contribution in [0.2, 0.25) is 0 Å². The maximum atomic E-state index is 13.7. The van der Waals surface area contributed by atoms with Crippen LogP contribution in [0.4, 0.5) is 4.39 Å². The molecule has 0 N–H and O–H groups in total. The molecule has 0 aliphatic heterocycles. The van der Waals surface area contributed by atoms with Crippen LogP contribution >= 0.6 is 15.9 Å². The van der Waals surface area contributed by atoms with Crippen LogP contribution in [0.3, 0.4) is 0 Å². The fraction of sp³-hybridized carbons (Fsp3) is 0.188. The number of carbonyl (C=O) groups excluding carboxylic acids is 1. The van der Waals surface area contributed by atoms with Gasteiger partial charge in [0.05, 0.1) is 0 Å². The molecule has 23 heavy (non-hydrogen) atoms. The van der Waals surface area contributed by atoms with Crippen LogP contribution < -0.4 is 4.18 Å². The summed E-state index contributed by atoms with van der Waals surface area (Å²) in [5.74, 6) is -0.722. The highest BCUT2D eigenvalue weighted by molar-refractivity contribution is 9.10. The van der Waals surface area contributed by atoms with Crippen molar-refractivity contribution in [2.75, 3.05) is 0 Å². The van der Waals surface area contributed by atoms with Crippen molar-refractivity contribution in [2.24, 2.45) is 0 Å². The smallest absolute Gasteiger partial charge is 0.342 e. The fourth-order valence-corrected chi connectivity index (χ4v) is 3.42. The molecular formula is C16H14BrFO4S. The molecule has 0 amide bonds. The normalized spacial score (nSPS) is 11.3. The lowest BCUT2D eigenvalue weighted by molar-refractivity contribution is -0.116. The van der Waals surface area contributed by atoms with Gasteiger partial charge >= 0.3 is 10.1 Å². The first-order valence-corrected chi connectivity index (χ1v) is 8.96. The summed E-state index contributed by atoms with van der Waals surface area (Å²) in [5.41, 5.74) is 0.888. The maximum absolute atomic E-state index is 13.7. The van der Waals surface area contributed by atoms with E-state index in [-0.39, 0.29) is 11.5 Å². The number of ketones is 1.